The average molecular weight is 414 g/mol. The van der Waals surface area contributed by atoms with E-state index in [1.165, 1.54) is 44.5 Å². The zero-order valence-electron chi connectivity index (χ0n) is 18.8. The van der Waals surface area contributed by atoms with Crippen LogP contribution >= 0.6 is 0 Å². The first kappa shape index (κ1) is 21.3. The molecule has 3 aromatic rings. The van der Waals surface area contributed by atoms with E-state index in [4.69, 9.17) is 4.74 Å². The molecule has 3 heteroatoms. The number of hydrogen-bond donors (Lipinski definition) is 0. The second-order valence-electron chi connectivity index (χ2n) is 8.40. The molecule has 160 valence electrons. The molecule has 0 aliphatic carbocycles. The van der Waals surface area contributed by atoms with Crippen LogP contribution in [0.15, 0.2) is 60.7 Å². The topological polar surface area (TPSA) is 29.5 Å². The number of ether oxygens (including phenoxy) is 1. The van der Waals surface area contributed by atoms with Gasteiger partial charge in [0.2, 0.25) is 0 Å². The number of fused-ring (bicyclic) bond motifs is 1. The molecule has 0 bridgehead atoms. The summed E-state index contributed by atoms with van der Waals surface area (Å²) < 4.78 is 5.14. The average Bonchev–Trinajstić information content (AvgIpc) is 2.96. The molecule has 0 atom stereocenters. The lowest BCUT2D eigenvalue weighted by molar-refractivity contribution is -0.144. The van der Waals surface area contributed by atoms with Gasteiger partial charge < -0.3 is 4.74 Å². The Morgan fingerprint density at radius 1 is 0.935 bits per heavy atom. The van der Waals surface area contributed by atoms with Crippen molar-refractivity contribution in [1.29, 1.82) is 0 Å². The zero-order chi connectivity index (χ0) is 21.8. The number of nitrogens with zero attached hydrogens (tertiary/aromatic N) is 1. The van der Waals surface area contributed by atoms with E-state index in [-0.39, 0.29) is 5.97 Å². The fourth-order valence-corrected chi connectivity index (χ4v) is 4.63. The van der Waals surface area contributed by atoms with E-state index in [9.17, 15) is 4.79 Å². The third-order valence-electron chi connectivity index (χ3n) is 6.26. The summed E-state index contributed by atoms with van der Waals surface area (Å²) in [7, 11) is 0. The zero-order valence-corrected chi connectivity index (χ0v) is 18.8. The van der Waals surface area contributed by atoms with Gasteiger partial charge in [-0.15, -0.1) is 0 Å². The second kappa shape index (κ2) is 9.49. The van der Waals surface area contributed by atoms with Crippen molar-refractivity contribution < 1.29 is 9.53 Å². The number of rotatable bonds is 5. The molecule has 3 aromatic carbocycles. The minimum Gasteiger partial charge on any atom is -0.465 e. The maximum atomic E-state index is 11.9. The first-order chi connectivity index (χ1) is 15.1. The van der Waals surface area contributed by atoms with Crippen LogP contribution in [-0.4, -0.2) is 30.6 Å². The molecule has 31 heavy (non-hydrogen) atoms. The van der Waals surface area contributed by atoms with Crippen LogP contribution in [0.2, 0.25) is 0 Å². The van der Waals surface area contributed by atoms with Gasteiger partial charge in [0.1, 0.15) is 0 Å². The summed E-state index contributed by atoms with van der Waals surface area (Å²) >= 11 is 0. The van der Waals surface area contributed by atoms with Gasteiger partial charge in [0, 0.05) is 6.54 Å². The highest BCUT2D eigenvalue weighted by Crippen LogP contribution is 2.34. The van der Waals surface area contributed by atoms with Gasteiger partial charge in [0.25, 0.3) is 0 Å². The van der Waals surface area contributed by atoms with Crippen molar-refractivity contribution in [2.45, 2.75) is 40.2 Å². The van der Waals surface area contributed by atoms with Crippen LogP contribution in [0, 0.1) is 13.8 Å². The summed E-state index contributed by atoms with van der Waals surface area (Å²) in [6.07, 6.45) is 2.09. The summed E-state index contributed by atoms with van der Waals surface area (Å²) in [6, 6.07) is 22.0. The molecule has 0 saturated carbocycles. The van der Waals surface area contributed by atoms with Crippen molar-refractivity contribution in [3.63, 3.8) is 0 Å². The Morgan fingerprint density at radius 3 is 2.52 bits per heavy atom. The van der Waals surface area contributed by atoms with Crippen LogP contribution < -0.4 is 0 Å². The summed E-state index contributed by atoms with van der Waals surface area (Å²) in [5.74, 6) is -0.133. The third-order valence-corrected chi connectivity index (χ3v) is 6.26. The smallest absolute Gasteiger partial charge is 0.320 e. The Labute approximate surface area is 185 Å². The van der Waals surface area contributed by atoms with Gasteiger partial charge in [0.05, 0.1) is 13.2 Å². The van der Waals surface area contributed by atoms with E-state index in [1.54, 1.807) is 0 Å². The molecule has 0 amide bonds. The molecule has 0 fully saturated rings. The Hall–Kier alpha value is -2.91. The molecule has 0 unspecified atom stereocenters. The van der Waals surface area contributed by atoms with E-state index in [0.29, 0.717) is 13.2 Å². The highest BCUT2D eigenvalue weighted by atomic mass is 16.5. The molecular formula is C28H31NO2. The van der Waals surface area contributed by atoms with E-state index >= 15 is 0 Å². The van der Waals surface area contributed by atoms with Crippen molar-refractivity contribution in [3.05, 3.63) is 82.9 Å². The quantitative estimate of drug-likeness (QED) is 0.484. The van der Waals surface area contributed by atoms with Gasteiger partial charge >= 0.3 is 5.97 Å². The van der Waals surface area contributed by atoms with E-state index in [0.717, 1.165) is 25.9 Å². The normalized spacial score (nSPS) is 14.0. The minimum atomic E-state index is -0.133. The summed E-state index contributed by atoms with van der Waals surface area (Å²) in [5, 5.41) is 0. The van der Waals surface area contributed by atoms with Crippen LogP contribution in [0.4, 0.5) is 0 Å². The molecule has 4 rings (SSSR count). The molecule has 3 nitrogen and oxygen atoms in total. The fraction of sp³-hybridized carbons (Fsp3) is 0.321. The Kier molecular flexibility index (Phi) is 6.53. The molecule has 1 aliphatic heterocycles. The number of benzene rings is 3. The highest BCUT2D eigenvalue weighted by molar-refractivity contribution is 5.80. The molecule has 1 aliphatic rings. The van der Waals surface area contributed by atoms with Gasteiger partial charge in [-0.3, -0.25) is 9.69 Å². The number of esters is 1. The standard InChI is InChI=1S/C28H31NO2/c1-4-31-28(30)19-29-16-8-10-22-17-23(14-15-24(22)18-29)26-12-7-13-27(21(26)3)25-11-6-5-9-20(25)2/h5-7,9,11-15,17H,4,8,10,16,18-19H2,1-3H3. The summed E-state index contributed by atoms with van der Waals surface area (Å²) in [5.41, 5.74) is 10.5. The van der Waals surface area contributed by atoms with Gasteiger partial charge in [-0.2, -0.15) is 0 Å². The predicted octanol–water partition coefficient (Wildman–Crippen LogP) is 5.95. The Balaban J connectivity index is 1.63. The molecule has 1 heterocycles. The first-order valence-corrected chi connectivity index (χ1v) is 11.2. The lowest BCUT2D eigenvalue weighted by atomic mass is 9.89. The largest absolute Gasteiger partial charge is 0.465 e. The second-order valence-corrected chi connectivity index (χ2v) is 8.40. The van der Waals surface area contributed by atoms with Crippen molar-refractivity contribution in [2.75, 3.05) is 19.7 Å². The number of aryl methyl sites for hydroxylation is 2. The summed E-state index contributed by atoms with van der Waals surface area (Å²) in [6.45, 7) is 8.78. The van der Waals surface area contributed by atoms with E-state index < -0.39 is 0 Å². The third kappa shape index (κ3) is 4.72. The van der Waals surface area contributed by atoms with Crippen LogP contribution in [-0.2, 0) is 22.5 Å². The van der Waals surface area contributed by atoms with Crippen molar-refractivity contribution >= 4 is 5.97 Å². The van der Waals surface area contributed by atoms with Gasteiger partial charge in [-0.1, -0.05) is 60.7 Å². The highest BCUT2D eigenvalue weighted by Gasteiger charge is 2.18. The lowest BCUT2D eigenvalue weighted by Crippen LogP contribution is -2.30. The lowest BCUT2D eigenvalue weighted by Gasteiger charge is -2.19. The maximum absolute atomic E-state index is 11.9. The molecule has 0 saturated heterocycles. The molecule has 0 spiro atoms. The van der Waals surface area contributed by atoms with Crippen LogP contribution in [0.3, 0.4) is 0 Å². The van der Waals surface area contributed by atoms with Gasteiger partial charge in [-0.05, 0) is 84.7 Å². The predicted molar refractivity (Wildman–Crippen MR) is 127 cm³/mol. The SMILES string of the molecule is CCOC(=O)CN1CCCc2cc(-c3cccc(-c4ccccc4C)c3C)ccc2C1. The number of hydrogen-bond acceptors (Lipinski definition) is 3. The van der Waals surface area contributed by atoms with Crippen molar-refractivity contribution in [2.24, 2.45) is 0 Å². The fourth-order valence-electron chi connectivity index (χ4n) is 4.63. The van der Waals surface area contributed by atoms with Gasteiger partial charge in [-0.25, -0.2) is 0 Å². The number of carbonyl (C=O) groups is 1. The van der Waals surface area contributed by atoms with E-state index in [1.807, 2.05) is 6.92 Å². The van der Waals surface area contributed by atoms with Crippen LogP contribution in [0.25, 0.3) is 22.3 Å². The Bertz CT molecular complexity index is 1090. The maximum Gasteiger partial charge on any atom is 0.320 e. The summed E-state index contributed by atoms with van der Waals surface area (Å²) in [4.78, 5) is 14.1. The molecular weight excluding hydrogens is 382 g/mol. The van der Waals surface area contributed by atoms with E-state index in [2.05, 4.69) is 79.4 Å². The molecule has 0 N–H and O–H groups in total. The minimum absolute atomic E-state index is 0.133. The van der Waals surface area contributed by atoms with Crippen LogP contribution in [0.5, 0.6) is 0 Å². The monoisotopic (exact) mass is 413 g/mol. The number of carbonyl (C=O) groups excluding carboxylic acids is 1. The van der Waals surface area contributed by atoms with Crippen molar-refractivity contribution in [1.82, 2.24) is 4.90 Å². The van der Waals surface area contributed by atoms with Crippen LogP contribution in [0.1, 0.15) is 35.6 Å². The first-order valence-electron chi connectivity index (χ1n) is 11.2. The Morgan fingerprint density at radius 2 is 1.71 bits per heavy atom. The molecule has 0 aromatic heterocycles. The van der Waals surface area contributed by atoms with Crippen molar-refractivity contribution in [3.8, 4) is 22.3 Å². The molecule has 0 radical (unpaired) electrons. The van der Waals surface area contributed by atoms with Gasteiger partial charge in [0.15, 0.2) is 0 Å².